The summed E-state index contributed by atoms with van der Waals surface area (Å²) in [7, 11) is 1.66. The molecule has 6 heteroatoms. The van der Waals surface area contributed by atoms with Gasteiger partial charge in [0.05, 0.1) is 18.7 Å². The summed E-state index contributed by atoms with van der Waals surface area (Å²) in [5.41, 5.74) is 4.35. The second-order valence-corrected chi connectivity index (χ2v) is 8.54. The molecular weight excluding hydrogens is 400 g/mol. The summed E-state index contributed by atoms with van der Waals surface area (Å²) >= 11 is 0. The number of carbonyl (C=O) groups excluding carboxylic acids is 1. The number of piperidine rings is 1. The zero-order chi connectivity index (χ0) is 21.9. The lowest BCUT2D eigenvalue weighted by Crippen LogP contribution is -2.46. The summed E-state index contributed by atoms with van der Waals surface area (Å²) in [4.78, 5) is 17.5. The van der Waals surface area contributed by atoms with Gasteiger partial charge in [-0.3, -0.25) is 4.79 Å². The molecule has 0 radical (unpaired) electrons. The van der Waals surface area contributed by atoms with E-state index in [-0.39, 0.29) is 11.8 Å². The second kappa shape index (κ2) is 8.99. The third-order valence-electron chi connectivity index (χ3n) is 6.57. The number of benzene rings is 2. The summed E-state index contributed by atoms with van der Waals surface area (Å²) in [6.45, 7) is 3.12. The fourth-order valence-electron chi connectivity index (χ4n) is 4.82. The molecule has 1 fully saturated rings. The normalized spacial score (nSPS) is 18.2. The molecule has 1 aromatic heterocycles. The highest BCUT2D eigenvalue weighted by Crippen LogP contribution is 2.30. The number of aromatic nitrogens is 2. The molecule has 2 aliphatic rings. The van der Waals surface area contributed by atoms with Crippen LogP contribution in [0.1, 0.15) is 24.0 Å². The van der Waals surface area contributed by atoms with Crippen LogP contribution >= 0.6 is 0 Å². The Kier molecular flexibility index (Phi) is 5.75. The van der Waals surface area contributed by atoms with Crippen molar-refractivity contribution in [3.63, 3.8) is 0 Å². The van der Waals surface area contributed by atoms with Crippen LogP contribution in [0.4, 0.5) is 5.82 Å². The van der Waals surface area contributed by atoms with Crippen LogP contribution in [0, 0.1) is 5.92 Å². The maximum atomic E-state index is 13.3. The van der Waals surface area contributed by atoms with Crippen molar-refractivity contribution < 1.29 is 9.53 Å². The van der Waals surface area contributed by atoms with E-state index in [1.54, 1.807) is 7.11 Å². The summed E-state index contributed by atoms with van der Waals surface area (Å²) in [6, 6.07) is 20.2. The quantitative estimate of drug-likeness (QED) is 0.630. The number of hydrogen-bond acceptors (Lipinski definition) is 5. The molecule has 0 saturated carbocycles. The maximum Gasteiger partial charge on any atom is 0.227 e. The minimum absolute atomic E-state index is 0.00436. The lowest BCUT2D eigenvalue weighted by atomic mass is 9.94. The van der Waals surface area contributed by atoms with Gasteiger partial charge in [0, 0.05) is 31.7 Å². The van der Waals surface area contributed by atoms with Gasteiger partial charge in [-0.25, -0.2) is 0 Å². The Morgan fingerprint density at radius 3 is 2.59 bits per heavy atom. The minimum Gasteiger partial charge on any atom is -0.496 e. The van der Waals surface area contributed by atoms with Crippen molar-refractivity contribution in [3.05, 3.63) is 71.8 Å². The number of rotatable bonds is 4. The van der Waals surface area contributed by atoms with Gasteiger partial charge in [-0.15, -0.1) is 10.2 Å². The number of hydrogen-bond donors (Lipinski definition) is 0. The van der Waals surface area contributed by atoms with Crippen molar-refractivity contribution >= 4 is 11.7 Å². The number of carbonyl (C=O) groups is 1. The molecule has 32 heavy (non-hydrogen) atoms. The first-order chi connectivity index (χ1) is 15.7. The zero-order valence-corrected chi connectivity index (χ0v) is 18.4. The van der Waals surface area contributed by atoms with E-state index in [2.05, 4.69) is 39.4 Å². The predicted molar refractivity (Wildman–Crippen MR) is 125 cm³/mol. The van der Waals surface area contributed by atoms with Crippen LogP contribution in [-0.4, -0.2) is 47.7 Å². The predicted octanol–water partition coefficient (Wildman–Crippen LogP) is 3.95. The molecule has 3 heterocycles. The molecule has 3 aromatic rings. The minimum atomic E-state index is 0.00436. The molecule has 0 bridgehead atoms. The standard InChI is InChI=1S/C26H28N4O2/c1-32-24-11-5-4-10-22(24)23-12-13-25(28-27-23)29-15-6-9-21(18-29)26(31)30-16-14-19-7-2-3-8-20(19)17-30/h2-5,7-8,10-13,21H,6,9,14-18H2,1H3. The highest BCUT2D eigenvalue weighted by Gasteiger charge is 2.31. The molecule has 1 saturated heterocycles. The topological polar surface area (TPSA) is 58.6 Å². The Morgan fingerprint density at radius 1 is 0.969 bits per heavy atom. The van der Waals surface area contributed by atoms with E-state index < -0.39 is 0 Å². The van der Waals surface area contributed by atoms with E-state index in [0.717, 1.165) is 61.7 Å². The molecule has 2 aliphatic heterocycles. The molecule has 6 nitrogen and oxygen atoms in total. The molecule has 0 N–H and O–H groups in total. The van der Waals surface area contributed by atoms with Crippen LogP contribution in [0.2, 0.25) is 0 Å². The largest absolute Gasteiger partial charge is 0.496 e. The van der Waals surface area contributed by atoms with Crippen molar-refractivity contribution in [3.8, 4) is 17.0 Å². The number of fused-ring (bicyclic) bond motifs is 1. The number of anilines is 1. The van der Waals surface area contributed by atoms with Gasteiger partial charge in [-0.05, 0) is 54.7 Å². The van der Waals surface area contributed by atoms with Crippen molar-refractivity contribution in [1.29, 1.82) is 0 Å². The van der Waals surface area contributed by atoms with E-state index in [4.69, 9.17) is 4.74 Å². The molecule has 0 spiro atoms. The van der Waals surface area contributed by atoms with E-state index in [0.29, 0.717) is 6.54 Å². The molecular formula is C26H28N4O2. The highest BCUT2D eigenvalue weighted by atomic mass is 16.5. The maximum absolute atomic E-state index is 13.3. The average Bonchev–Trinajstić information content (AvgIpc) is 2.88. The number of ether oxygens (including phenoxy) is 1. The Balaban J connectivity index is 1.27. The van der Waals surface area contributed by atoms with Crippen LogP contribution in [0.25, 0.3) is 11.3 Å². The van der Waals surface area contributed by atoms with Crippen LogP contribution < -0.4 is 9.64 Å². The summed E-state index contributed by atoms with van der Waals surface area (Å²) in [5, 5.41) is 8.94. The lowest BCUT2D eigenvalue weighted by molar-refractivity contribution is -0.136. The van der Waals surface area contributed by atoms with Crippen molar-refractivity contribution in [2.24, 2.45) is 5.92 Å². The van der Waals surface area contributed by atoms with E-state index in [1.165, 1.54) is 11.1 Å². The van der Waals surface area contributed by atoms with Crippen molar-refractivity contribution in [1.82, 2.24) is 15.1 Å². The second-order valence-electron chi connectivity index (χ2n) is 8.54. The molecule has 2 aromatic carbocycles. The Morgan fingerprint density at radius 2 is 1.78 bits per heavy atom. The van der Waals surface area contributed by atoms with Crippen LogP contribution in [0.3, 0.4) is 0 Å². The van der Waals surface area contributed by atoms with E-state index in [1.807, 2.05) is 41.3 Å². The third kappa shape index (κ3) is 4.05. The number of para-hydroxylation sites is 1. The third-order valence-corrected chi connectivity index (χ3v) is 6.57. The van der Waals surface area contributed by atoms with Gasteiger partial charge in [-0.2, -0.15) is 0 Å². The SMILES string of the molecule is COc1ccccc1-c1ccc(N2CCCC(C(=O)N3CCc4ccccc4C3)C2)nn1. The molecule has 1 atom stereocenters. The monoisotopic (exact) mass is 428 g/mol. The first-order valence-corrected chi connectivity index (χ1v) is 11.3. The highest BCUT2D eigenvalue weighted by molar-refractivity contribution is 5.80. The number of methoxy groups -OCH3 is 1. The van der Waals surface area contributed by atoms with Gasteiger partial charge in [0.1, 0.15) is 5.75 Å². The Hall–Kier alpha value is -3.41. The fourth-order valence-corrected chi connectivity index (χ4v) is 4.82. The molecule has 1 unspecified atom stereocenters. The van der Waals surface area contributed by atoms with Gasteiger partial charge in [-0.1, -0.05) is 36.4 Å². The summed E-state index contributed by atoms with van der Waals surface area (Å²) < 4.78 is 5.45. The van der Waals surface area contributed by atoms with Gasteiger partial charge in [0.25, 0.3) is 0 Å². The van der Waals surface area contributed by atoms with Crippen molar-refractivity contribution in [2.75, 3.05) is 31.6 Å². The van der Waals surface area contributed by atoms with E-state index in [9.17, 15) is 4.79 Å². The molecule has 0 aliphatic carbocycles. The van der Waals surface area contributed by atoms with Gasteiger partial charge in [0.15, 0.2) is 5.82 Å². The van der Waals surface area contributed by atoms with E-state index >= 15 is 0 Å². The van der Waals surface area contributed by atoms with Crippen LogP contribution in [-0.2, 0) is 17.8 Å². The van der Waals surface area contributed by atoms with Crippen LogP contribution in [0.5, 0.6) is 5.75 Å². The molecule has 5 rings (SSSR count). The molecule has 164 valence electrons. The fraction of sp³-hybridized carbons (Fsp3) is 0.346. The summed E-state index contributed by atoms with van der Waals surface area (Å²) in [5.74, 6) is 1.87. The smallest absolute Gasteiger partial charge is 0.227 e. The molecule has 1 amide bonds. The summed E-state index contributed by atoms with van der Waals surface area (Å²) in [6.07, 6.45) is 2.85. The Labute approximate surface area is 188 Å². The number of amides is 1. The number of nitrogens with zero attached hydrogens (tertiary/aromatic N) is 4. The van der Waals surface area contributed by atoms with Gasteiger partial charge in [0.2, 0.25) is 5.91 Å². The van der Waals surface area contributed by atoms with Crippen LogP contribution in [0.15, 0.2) is 60.7 Å². The first-order valence-electron chi connectivity index (χ1n) is 11.3. The average molecular weight is 429 g/mol. The van der Waals surface area contributed by atoms with Gasteiger partial charge >= 0.3 is 0 Å². The first kappa shape index (κ1) is 20.5. The van der Waals surface area contributed by atoms with Crippen molar-refractivity contribution in [2.45, 2.75) is 25.8 Å². The lowest BCUT2D eigenvalue weighted by Gasteiger charge is -2.37. The van der Waals surface area contributed by atoms with Gasteiger partial charge < -0.3 is 14.5 Å². The Bertz CT molecular complexity index is 1100. The zero-order valence-electron chi connectivity index (χ0n) is 18.4.